The van der Waals surface area contributed by atoms with Crippen LogP contribution in [0.1, 0.15) is 53.9 Å². The van der Waals surface area contributed by atoms with E-state index in [2.05, 4.69) is 10.1 Å². The van der Waals surface area contributed by atoms with Gasteiger partial charge in [0.15, 0.2) is 5.78 Å². The Balaban J connectivity index is 1.54. The van der Waals surface area contributed by atoms with E-state index in [1.807, 2.05) is 48.5 Å². The highest BCUT2D eigenvalue weighted by Crippen LogP contribution is 2.28. The number of unbranched alkanes of at least 4 members (excludes halogenated alkanes) is 2. The number of amides is 2. The largest absolute Gasteiger partial charge is 0.453 e. The van der Waals surface area contributed by atoms with Crippen LogP contribution in [-0.4, -0.2) is 24.9 Å². The zero-order valence-electron chi connectivity index (χ0n) is 18.2. The van der Waals surface area contributed by atoms with Crippen molar-refractivity contribution in [1.29, 1.82) is 0 Å². The standard InChI is InChI=1S/C26H28N2O4/c1-32-26(31)28-25(30)22(21-11-7-8-13-23(21)27)12-3-2-4-14-24(29)20-16-15-18-9-5-6-10-19(18)17-20/h5-11,13,15-17,22H,2-4,12,14,27H2,1H3,(H,28,30,31). The van der Waals surface area contributed by atoms with Crippen LogP contribution < -0.4 is 11.1 Å². The smallest absolute Gasteiger partial charge is 0.413 e. The van der Waals surface area contributed by atoms with Gasteiger partial charge < -0.3 is 10.5 Å². The SMILES string of the molecule is COC(=O)NC(=O)C(CCCCCC(=O)c1ccc2ccccc2c1)c1ccccc1N. The van der Waals surface area contributed by atoms with Gasteiger partial charge in [-0.25, -0.2) is 4.79 Å². The van der Waals surface area contributed by atoms with E-state index in [0.717, 1.165) is 35.6 Å². The van der Waals surface area contributed by atoms with Gasteiger partial charge in [-0.15, -0.1) is 0 Å². The van der Waals surface area contributed by atoms with E-state index in [0.29, 0.717) is 24.1 Å². The lowest BCUT2D eigenvalue weighted by molar-refractivity contribution is -0.122. The lowest BCUT2D eigenvalue weighted by atomic mass is 9.90. The first-order chi connectivity index (χ1) is 15.5. The number of rotatable bonds is 9. The Labute approximate surface area is 187 Å². The van der Waals surface area contributed by atoms with Crippen molar-refractivity contribution in [2.24, 2.45) is 0 Å². The summed E-state index contributed by atoms with van der Waals surface area (Å²) in [6.45, 7) is 0. The van der Waals surface area contributed by atoms with Crippen LogP contribution >= 0.6 is 0 Å². The molecule has 0 aliphatic heterocycles. The molecule has 0 aromatic heterocycles. The molecular formula is C26H28N2O4. The van der Waals surface area contributed by atoms with Crippen molar-refractivity contribution in [2.45, 2.75) is 38.0 Å². The number of hydrogen-bond acceptors (Lipinski definition) is 5. The number of nitrogen functional groups attached to an aromatic ring is 1. The minimum Gasteiger partial charge on any atom is -0.453 e. The number of Topliss-reactive ketones (excluding diaryl/α,β-unsaturated/α-hetero) is 1. The zero-order valence-corrected chi connectivity index (χ0v) is 18.2. The van der Waals surface area contributed by atoms with E-state index in [1.165, 1.54) is 7.11 Å². The third-order valence-corrected chi connectivity index (χ3v) is 5.57. The highest BCUT2D eigenvalue weighted by molar-refractivity contribution is 6.00. The number of methoxy groups -OCH3 is 1. The van der Waals surface area contributed by atoms with Crippen molar-refractivity contribution in [3.63, 3.8) is 0 Å². The number of ketones is 1. The van der Waals surface area contributed by atoms with Crippen LogP contribution in [0.15, 0.2) is 66.7 Å². The minimum absolute atomic E-state index is 0.114. The lowest BCUT2D eigenvalue weighted by Crippen LogP contribution is -2.34. The summed E-state index contributed by atoms with van der Waals surface area (Å²) >= 11 is 0. The highest BCUT2D eigenvalue weighted by Gasteiger charge is 2.24. The van der Waals surface area contributed by atoms with Gasteiger partial charge in [0.2, 0.25) is 5.91 Å². The number of nitrogens with one attached hydrogen (secondary N) is 1. The number of anilines is 1. The average Bonchev–Trinajstić information content (AvgIpc) is 2.81. The molecule has 6 nitrogen and oxygen atoms in total. The molecule has 6 heteroatoms. The Bertz CT molecular complexity index is 1110. The van der Waals surface area contributed by atoms with Crippen molar-refractivity contribution in [2.75, 3.05) is 12.8 Å². The van der Waals surface area contributed by atoms with Crippen LogP contribution in [0, 0.1) is 0 Å². The molecule has 0 aliphatic carbocycles. The number of imide groups is 1. The monoisotopic (exact) mass is 432 g/mol. The van der Waals surface area contributed by atoms with Crippen LogP contribution in [0.2, 0.25) is 0 Å². The average molecular weight is 433 g/mol. The van der Waals surface area contributed by atoms with Gasteiger partial charge in [-0.1, -0.05) is 67.4 Å². The van der Waals surface area contributed by atoms with Gasteiger partial charge in [-0.05, 0) is 41.3 Å². The first-order valence-electron chi connectivity index (χ1n) is 10.7. The molecule has 1 unspecified atom stereocenters. The van der Waals surface area contributed by atoms with E-state index in [-0.39, 0.29) is 5.78 Å². The van der Waals surface area contributed by atoms with Crippen molar-refractivity contribution >= 4 is 34.2 Å². The molecule has 0 saturated carbocycles. The molecule has 166 valence electrons. The Morgan fingerprint density at radius 3 is 2.38 bits per heavy atom. The molecule has 3 N–H and O–H groups in total. The molecule has 3 rings (SSSR count). The number of para-hydroxylation sites is 1. The summed E-state index contributed by atoms with van der Waals surface area (Å²) in [5, 5.41) is 4.41. The number of ether oxygens (including phenoxy) is 1. The summed E-state index contributed by atoms with van der Waals surface area (Å²) in [4.78, 5) is 36.7. The number of carbonyl (C=O) groups is 3. The number of benzene rings is 3. The van der Waals surface area contributed by atoms with Crippen molar-refractivity contribution in [3.8, 4) is 0 Å². The maximum Gasteiger partial charge on any atom is 0.413 e. The number of alkyl carbamates (subject to hydrolysis) is 1. The molecule has 0 spiro atoms. The summed E-state index contributed by atoms with van der Waals surface area (Å²) in [6.07, 6.45) is 2.40. The predicted octanol–water partition coefficient (Wildman–Crippen LogP) is 5.22. The van der Waals surface area contributed by atoms with Gasteiger partial charge >= 0.3 is 6.09 Å². The first kappa shape index (κ1) is 23.0. The van der Waals surface area contributed by atoms with Gasteiger partial charge in [0.1, 0.15) is 0 Å². The van der Waals surface area contributed by atoms with Gasteiger partial charge in [-0.3, -0.25) is 14.9 Å². The third-order valence-electron chi connectivity index (χ3n) is 5.57. The Hall–Kier alpha value is -3.67. The summed E-state index contributed by atoms with van der Waals surface area (Å²) in [5.74, 6) is -0.892. The summed E-state index contributed by atoms with van der Waals surface area (Å²) in [6, 6.07) is 20.9. The van der Waals surface area contributed by atoms with E-state index in [9.17, 15) is 14.4 Å². The molecule has 0 radical (unpaired) electrons. The zero-order chi connectivity index (χ0) is 22.9. The van der Waals surface area contributed by atoms with Crippen LogP contribution in [0.3, 0.4) is 0 Å². The van der Waals surface area contributed by atoms with Crippen LogP contribution in [-0.2, 0) is 9.53 Å². The van der Waals surface area contributed by atoms with Gasteiger partial charge in [0.05, 0.1) is 13.0 Å². The molecule has 0 saturated heterocycles. The van der Waals surface area contributed by atoms with E-state index in [4.69, 9.17) is 5.73 Å². The molecule has 0 fully saturated rings. The van der Waals surface area contributed by atoms with E-state index >= 15 is 0 Å². The molecule has 3 aromatic carbocycles. The third kappa shape index (κ3) is 5.94. The second kappa shape index (κ2) is 11.1. The second-order valence-corrected chi connectivity index (χ2v) is 7.75. The maximum atomic E-state index is 12.6. The molecule has 0 heterocycles. The minimum atomic E-state index is -0.796. The Morgan fingerprint density at radius 1 is 0.906 bits per heavy atom. The van der Waals surface area contributed by atoms with E-state index < -0.39 is 17.9 Å². The van der Waals surface area contributed by atoms with E-state index in [1.54, 1.807) is 18.2 Å². The van der Waals surface area contributed by atoms with Crippen molar-refractivity contribution < 1.29 is 19.1 Å². The topological polar surface area (TPSA) is 98.5 Å². The fourth-order valence-corrected chi connectivity index (χ4v) is 3.81. The number of fused-ring (bicyclic) bond motifs is 1. The number of carbonyl (C=O) groups excluding carboxylic acids is 3. The Morgan fingerprint density at radius 2 is 1.62 bits per heavy atom. The molecule has 32 heavy (non-hydrogen) atoms. The van der Waals surface area contributed by atoms with Crippen LogP contribution in [0.4, 0.5) is 10.5 Å². The van der Waals surface area contributed by atoms with Gasteiger partial charge in [-0.2, -0.15) is 0 Å². The number of nitrogens with two attached hydrogens (primary N) is 1. The van der Waals surface area contributed by atoms with Crippen molar-refractivity contribution in [1.82, 2.24) is 5.32 Å². The van der Waals surface area contributed by atoms with Crippen molar-refractivity contribution in [3.05, 3.63) is 77.9 Å². The first-order valence-corrected chi connectivity index (χ1v) is 10.7. The highest BCUT2D eigenvalue weighted by atomic mass is 16.5. The fraction of sp³-hybridized carbons (Fsp3) is 0.269. The normalized spacial score (nSPS) is 11.7. The van der Waals surface area contributed by atoms with Crippen LogP contribution in [0.5, 0.6) is 0 Å². The maximum absolute atomic E-state index is 12.6. The quantitative estimate of drug-likeness (QED) is 0.274. The van der Waals surface area contributed by atoms with Gasteiger partial charge in [0, 0.05) is 17.7 Å². The fourth-order valence-electron chi connectivity index (χ4n) is 3.81. The summed E-state index contributed by atoms with van der Waals surface area (Å²) in [7, 11) is 1.21. The summed E-state index contributed by atoms with van der Waals surface area (Å²) < 4.78 is 4.54. The Kier molecular flexibility index (Phi) is 7.97. The van der Waals surface area contributed by atoms with Crippen LogP contribution in [0.25, 0.3) is 10.8 Å². The molecule has 0 bridgehead atoms. The molecular weight excluding hydrogens is 404 g/mol. The molecule has 0 aliphatic rings. The molecule has 1 atom stereocenters. The number of hydrogen-bond donors (Lipinski definition) is 2. The molecule has 3 aromatic rings. The lowest BCUT2D eigenvalue weighted by Gasteiger charge is -2.18. The second-order valence-electron chi connectivity index (χ2n) is 7.75. The molecule has 2 amide bonds. The predicted molar refractivity (Wildman–Crippen MR) is 126 cm³/mol. The van der Waals surface area contributed by atoms with Gasteiger partial charge in [0.25, 0.3) is 0 Å². The summed E-state index contributed by atoms with van der Waals surface area (Å²) in [5.41, 5.74) is 7.96.